The lowest BCUT2D eigenvalue weighted by Crippen LogP contribution is -2.86. The highest BCUT2D eigenvalue weighted by Gasteiger charge is 2.26. The average Bonchev–Trinajstić information content (AvgIpc) is 2.48. The minimum atomic E-state index is -3.28. The Balaban J connectivity index is 1.83. The molecular weight excluding hydrogens is 290 g/mol. The number of sulfone groups is 1. The number of rotatable bonds is 3. The second-order valence-electron chi connectivity index (χ2n) is 5.80. The zero-order valence-corrected chi connectivity index (χ0v) is 12.7. The molecule has 2 heterocycles. The van der Waals surface area contributed by atoms with Crippen molar-refractivity contribution in [3.63, 3.8) is 0 Å². The SMILES string of the molecule is O=C1OCCc2cc(S(=O)(=O)CC3CC[NH2+]CC3)ccc21. The fourth-order valence-corrected chi connectivity index (χ4v) is 4.81. The van der Waals surface area contributed by atoms with E-state index in [0.29, 0.717) is 23.5 Å². The number of fused-ring (bicyclic) bond motifs is 1. The molecule has 0 bridgehead atoms. The molecule has 0 spiro atoms. The topological polar surface area (TPSA) is 77.1 Å². The van der Waals surface area contributed by atoms with Gasteiger partial charge < -0.3 is 10.1 Å². The number of benzene rings is 1. The number of ether oxygens (including phenoxy) is 1. The zero-order chi connectivity index (χ0) is 14.9. The molecule has 6 heteroatoms. The summed E-state index contributed by atoms with van der Waals surface area (Å²) in [5, 5.41) is 2.23. The Kier molecular flexibility index (Phi) is 3.99. The van der Waals surface area contributed by atoms with E-state index in [1.165, 1.54) is 6.07 Å². The summed E-state index contributed by atoms with van der Waals surface area (Å²) in [6.45, 7) is 2.35. The highest BCUT2D eigenvalue weighted by Crippen LogP contribution is 2.24. The van der Waals surface area contributed by atoms with Crippen molar-refractivity contribution in [2.24, 2.45) is 5.92 Å². The molecule has 0 saturated carbocycles. The van der Waals surface area contributed by atoms with E-state index >= 15 is 0 Å². The van der Waals surface area contributed by atoms with Crippen LogP contribution in [0.2, 0.25) is 0 Å². The molecule has 1 aromatic carbocycles. The smallest absolute Gasteiger partial charge is 0.338 e. The first kappa shape index (κ1) is 14.5. The van der Waals surface area contributed by atoms with Gasteiger partial charge in [0.1, 0.15) is 0 Å². The first-order valence-corrected chi connectivity index (χ1v) is 9.06. The largest absolute Gasteiger partial charge is 0.462 e. The number of quaternary nitrogens is 1. The molecule has 2 aliphatic rings. The Bertz CT molecular complexity index is 648. The number of esters is 1. The molecular formula is C15H20NO4S+. The fraction of sp³-hybridized carbons (Fsp3) is 0.533. The third-order valence-corrected chi connectivity index (χ3v) is 6.16. The number of carbonyl (C=O) groups excluding carboxylic acids is 1. The molecule has 0 radical (unpaired) electrons. The van der Waals surface area contributed by atoms with Crippen LogP contribution < -0.4 is 5.32 Å². The van der Waals surface area contributed by atoms with Crippen LogP contribution in [0.3, 0.4) is 0 Å². The van der Waals surface area contributed by atoms with E-state index in [-0.39, 0.29) is 17.6 Å². The van der Waals surface area contributed by atoms with Gasteiger partial charge in [0.15, 0.2) is 9.84 Å². The first-order chi connectivity index (χ1) is 10.1. The summed E-state index contributed by atoms with van der Waals surface area (Å²) in [5.74, 6) is 0.105. The van der Waals surface area contributed by atoms with Gasteiger partial charge in [0.05, 0.1) is 35.9 Å². The van der Waals surface area contributed by atoms with Crippen molar-refractivity contribution >= 4 is 15.8 Å². The van der Waals surface area contributed by atoms with Crippen molar-refractivity contribution in [1.29, 1.82) is 0 Å². The number of hydrogen-bond acceptors (Lipinski definition) is 4. The van der Waals surface area contributed by atoms with Crippen molar-refractivity contribution in [2.75, 3.05) is 25.4 Å². The van der Waals surface area contributed by atoms with E-state index in [2.05, 4.69) is 5.32 Å². The Labute approximate surface area is 124 Å². The second-order valence-corrected chi connectivity index (χ2v) is 7.83. The molecule has 0 aliphatic carbocycles. The average molecular weight is 310 g/mol. The Hall–Kier alpha value is -1.40. The van der Waals surface area contributed by atoms with E-state index in [0.717, 1.165) is 31.5 Å². The Morgan fingerprint density at radius 2 is 2.00 bits per heavy atom. The molecule has 5 nitrogen and oxygen atoms in total. The molecule has 1 saturated heterocycles. The number of hydrogen-bond donors (Lipinski definition) is 1. The standard InChI is InChI=1S/C15H19NO4S/c17-15-14-2-1-13(9-12(14)5-8-20-15)21(18,19)10-11-3-6-16-7-4-11/h1-2,9,11,16H,3-8,10H2/p+1. The molecule has 0 aromatic heterocycles. The second kappa shape index (κ2) is 5.77. The lowest BCUT2D eigenvalue weighted by Gasteiger charge is -2.21. The maximum Gasteiger partial charge on any atom is 0.338 e. The van der Waals surface area contributed by atoms with Crippen LogP contribution in [0.1, 0.15) is 28.8 Å². The van der Waals surface area contributed by atoms with Crippen LogP contribution in [0.25, 0.3) is 0 Å². The lowest BCUT2D eigenvalue weighted by atomic mass is 10.0. The van der Waals surface area contributed by atoms with Crippen LogP contribution in [0.15, 0.2) is 23.1 Å². The molecule has 0 unspecified atom stereocenters. The summed E-state index contributed by atoms with van der Waals surface area (Å²) in [6, 6.07) is 4.77. The number of cyclic esters (lactones) is 1. The van der Waals surface area contributed by atoms with Crippen molar-refractivity contribution in [3.05, 3.63) is 29.3 Å². The molecule has 3 rings (SSSR count). The van der Waals surface area contributed by atoms with E-state index in [9.17, 15) is 13.2 Å². The Morgan fingerprint density at radius 3 is 2.76 bits per heavy atom. The van der Waals surface area contributed by atoms with Crippen molar-refractivity contribution in [3.8, 4) is 0 Å². The van der Waals surface area contributed by atoms with Gasteiger partial charge in [-0.1, -0.05) is 0 Å². The molecule has 0 amide bonds. The highest BCUT2D eigenvalue weighted by molar-refractivity contribution is 7.91. The van der Waals surface area contributed by atoms with E-state index in [4.69, 9.17) is 4.74 Å². The van der Waals surface area contributed by atoms with Gasteiger partial charge in [-0.3, -0.25) is 0 Å². The van der Waals surface area contributed by atoms with Gasteiger partial charge in [-0.2, -0.15) is 0 Å². The molecule has 2 N–H and O–H groups in total. The monoisotopic (exact) mass is 310 g/mol. The molecule has 2 aliphatic heterocycles. The van der Waals surface area contributed by atoms with Crippen LogP contribution in [-0.4, -0.2) is 39.8 Å². The summed E-state index contributed by atoms with van der Waals surface area (Å²) >= 11 is 0. The maximum absolute atomic E-state index is 12.5. The van der Waals surface area contributed by atoms with E-state index in [1.807, 2.05) is 0 Å². The third-order valence-electron chi connectivity index (χ3n) is 4.27. The number of carbonyl (C=O) groups is 1. The number of piperidine rings is 1. The summed E-state index contributed by atoms with van der Waals surface area (Å²) in [7, 11) is -3.28. The summed E-state index contributed by atoms with van der Waals surface area (Å²) in [6.07, 6.45) is 2.50. The predicted octanol–water partition coefficient (Wildman–Crippen LogP) is 0.147. The minimum Gasteiger partial charge on any atom is -0.462 e. The van der Waals surface area contributed by atoms with E-state index < -0.39 is 9.84 Å². The molecule has 1 aromatic rings. The third kappa shape index (κ3) is 3.11. The van der Waals surface area contributed by atoms with Gasteiger partial charge in [-0.25, -0.2) is 13.2 Å². The van der Waals surface area contributed by atoms with Gasteiger partial charge in [-0.05, 0) is 29.7 Å². The van der Waals surface area contributed by atoms with Crippen LogP contribution in [0, 0.1) is 5.92 Å². The zero-order valence-electron chi connectivity index (χ0n) is 11.9. The van der Waals surface area contributed by atoms with E-state index in [1.54, 1.807) is 12.1 Å². The van der Waals surface area contributed by atoms with Crippen LogP contribution in [0.5, 0.6) is 0 Å². The highest BCUT2D eigenvalue weighted by atomic mass is 32.2. The summed E-state index contributed by atoms with van der Waals surface area (Å²) in [4.78, 5) is 11.9. The summed E-state index contributed by atoms with van der Waals surface area (Å²) in [5.41, 5.74) is 1.27. The van der Waals surface area contributed by atoms with Gasteiger partial charge in [-0.15, -0.1) is 0 Å². The van der Waals surface area contributed by atoms with Gasteiger partial charge in [0, 0.05) is 19.3 Å². The normalized spacial score (nSPS) is 19.9. The van der Waals surface area contributed by atoms with Crippen LogP contribution in [0.4, 0.5) is 0 Å². The lowest BCUT2D eigenvalue weighted by molar-refractivity contribution is -0.664. The van der Waals surface area contributed by atoms with Gasteiger partial charge in [0.2, 0.25) is 0 Å². The fourth-order valence-electron chi connectivity index (χ4n) is 3.07. The minimum absolute atomic E-state index is 0.212. The Morgan fingerprint density at radius 1 is 1.24 bits per heavy atom. The van der Waals surface area contributed by atoms with Crippen molar-refractivity contribution in [1.82, 2.24) is 0 Å². The molecule has 21 heavy (non-hydrogen) atoms. The summed E-state index contributed by atoms with van der Waals surface area (Å²) < 4.78 is 30.0. The van der Waals surface area contributed by atoms with Crippen molar-refractivity contribution in [2.45, 2.75) is 24.2 Å². The number of nitrogens with two attached hydrogens (primary N) is 1. The molecule has 114 valence electrons. The first-order valence-electron chi connectivity index (χ1n) is 7.41. The molecule has 1 fully saturated rings. The quantitative estimate of drug-likeness (QED) is 0.806. The van der Waals surface area contributed by atoms with Crippen LogP contribution >= 0.6 is 0 Å². The van der Waals surface area contributed by atoms with Crippen LogP contribution in [-0.2, 0) is 21.0 Å². The molecule has 0 atom stereocenters. The predicted molar refractivity (Wildman–Crippen MR) is 76.9 cm³/mol. The van der Waals surface area contributed by atoms with Gasteiger partial charge >= 0.3 is 5.97 Å². The maximum atomic E-state index is 12.5. The van der Waals surface area contributed by atoms with Crippen molar-refractivity contribution < 1.29 is 23.3 Å². The van der Waals surface area contributed by atoms with Gasteiger partial charge in [0.25, 0.3) is 0 Å².